The van der Waals surface area contributed by atoms with Crippen LogP contribution >= 0.6 is 24.0 Å². The van der Waals surface area contributed by atoms with E-state index < -0.39 is 0 Å². The van der Waals surface area contributed by atoms with Crippen LogP contribution in [0, 0.1) is 13.8 Å². The van der Waals surface area contributed by atoms with Gasteiger partial charge in [-0.25, -0.2) is 4.98 Å². The van der Waals surface area contributed by atoms with Crippen molar-refractivity contribution in [3.8, 4) is 0 Å². The summed E-state index contributed by atoms with van der Waals surface area (Å²) in [5, 5.41) is 11.7. The van der Waals surface area contributed by atoms with Crippen LogP contribution < -0.4 is 10.2 Å². The predicted octanol–water partition coefficient (Wildman–Crippen LogP) is 1.34. The van der Waals surface area contributed by atoms with E-state index in [4.69, 9.17) is 0 Å². The Balaban J connectivity index is 0.00000243. The summed E-state index contributed by atoms with van der Waals surface area (Å²) >= 11 is 0. The third-order valence-electron chi connectivity index (χ3n) is 4.60. The molecule has 142 valence electrons. The minimum atomic E-state index is 0. The molecular weight excluding hydrogens is 443 g/mol. The van der Waals surface area contributed by atoms with E-state index in [1.165, 1.54) is 5.56 Å². The minimum absolute atomic E-state index is 0. The molecule has 1 aliphatic heterocycles. The number of aliphatic imine (C=N–C) groups is 1. The highest BCUT2D eigenvalue weighted by Gasteiger charge is 2.20. The molecule has 0 amide bonds. The van der Waals surface area contributed by atoms with E-state index in [0.29, 0.717) is 6.54 Å². The lowest BCUT2D eigenvalue weighted by Gasteiger charge is -2.37. The monoisotopic (exact) mass is 470 g/mol. The van der Waals surface area contributed by atoms with Crippen LogP contribution in [0.4, 0.5) is 5.82 Å². The summed E-state index contributed by atoms with van der Waals surface area (Å²) in [4.78, 5) is 13.5. The zero-order valence-corrected chi connectivity index (χ0v) is 18.1. The number of hydrogen-bond donors (Lipinski definition) is 1. The number of nitrogens with one attached hydrogen (secondary N) is 1. The van der Waals surface area contributed by atoms with Gasteiger partial charge in [-0.1, -0.05) is 0 Å². The van der Waals surface area contributed by atoms with Gasteiger partial charge in [0.15, 0.2) is 11.8 Å². The minimum Gasteiger partial charge on any atom is -0.353 e. The normalized spacial score (nSPS) is 15.0. The first-order valence-electron chi connectivity index (χ1n) is 8.56. The van der Waals surface area contributed by atoms with Crippen molar-refractivity contribution in [2.75, 3.05) is 38.1 Å². The number of pyridine rings is 1. The van der Waals surface area contributed by atoms with E-state index >= 15 is 0 Å². The zero-order chi connectivity index (χ0) is 17.8. The van der Waals surface area contributed by atoms with Gasteiger partial charge in [0.2, 0.25) is 0 Å². The standard InChI is InChI=1S/C17H26N8.HI/c1-13-5-6-19-15(11-13)24-7-9-25(10-8-24)17(18-3)20-12-16-22-21-14(2)23(16)4;/h5-6,11H,7-10,12H2,1-4H3,(H,18,20);1H. The molecule has 1 saturated heterocycles. The quantitative estimate of drug-likeness (QED) is 0.415. The van der Waals surface area contributed by atoms with Gasteiger partial charge in [-0.3, -0.25) is 4.99 Å². The van der Waals surface area contributed by atoms with Gasteiger partial charge in [0.1, 0.15) is 11.6 Å². The van der Waals surface area contributed by atoms with E-state index in [2.05, 4.69) is 48.3 Å². The molecule has 0 aromatic carbocycles. The van der Waals surface area contributed by atoms with Crippen molar-refractivity contribution in [2.24, 2.45) is 12.0 Å². The van der Waals surface area contributed by atoms with Crippen LogP contribution in [0.2, 0.25) is 0 Å². The molecule has 3 heterocycles. The van der Waals surface area contributed by atoms with Gasteiger partial charge in [0, 0.05) is 46.5 Å². The molecule has 26 heavy (non-hydrogen) atoms. The molecule has 1 aliphatic rings. The Hall–Kier alpha value is -1.91. The van der Waals surface area contributed by atoms with Crippen molar-refractivity contribution in [3.05, 3.63) is 35.5 Å². The molecule has 0 radical (unpaired) electrons. The number of nitrogens with zero attached hydrogens (tertiary/aromatic N) is 7. The Morgan fingerprint density at radius 2 is 1.92 bits per heavy atom. The number of aromatic nitrogens is 4. The second-order valence-corrected chi connectivity index (χ2v) is 6.29. The highest BCUT2D eigenvalue weighted by atomic mass is 127. The SMILES string of the molecule is CN=C(NCc1nnc(C)n1C)N1CCN(c2cc(C)ccn2)CC1.I. The van der Waals surface area contributed by atoms with Crippen LogP contribution in [0.1, 0.15) is 17.2 Å². The molecule has 9 heteroatoms. The molecule has 8 nitrogen and oxygen atoms in total. The highest BCUT2D eigenvalue weighted by molar-refractivity contribution is 14.0. The van der Waals surface area contributed by atoms with Gasteiger partial charge in [-0.05, 0) is 31.5 Å². The summed E-state index contributed by atoms with van der Waals surface area (Å²) in [6, 6.07) is 4.17. The molecule has 0 unspecified atom stereocenters. The van der Waals surface area contributed by atoms with Crippen LogP contribution in [0.3, 0.4) is 0 Å². The Morgan fingerprint density at radius 3 is 2.50 bits per heavy atom. The summed E-state index contributed by atoms with van der Waals surface area (Å²) < 4.78 is 1.99. The average molecular weight is 470 g/mol. The lowest BCUT2D eigenvalue weighted by molar-refractivity contribution is 0.370. The second kappa shape index (κ2) is 9.15. The number of rotatable bonds is 3. The zero-order valence-electron chi connectivity index (χ0n) is 15.8. The third kappa shape index (κ3) is 4.63. The Labute approximate surface area is 171 Å². The first-order valence-corrected chi connectivity index (χ1v) is 8.56. The smallest absolute Gasteiger partial charge is 0.194 e. The molecule has 3 rings (SSSR count). The Bertz CT molecular complexity index is 749. The van der Waals surface area contributed by atoms with Crippen LogP contribution in [-0.4, -0.2) is 63.8 Å². The van der Waals surface area contributed by atoms with Gasteiger partial charge in [-0.2, -0.15) is 0 Å². The van der Waals surface area contributed by atoms with E-state index in [1.54, 1.807) is 0 Å². The van der Waals surface area contributed by atoms with Crippen LogP contribution in [0.15, 0.2) is 23.3 Å². The van der Waals surface area contributed by atoms with Crippen LogP contribution in [0.25, 0.3) is 0 Å². The summed E-state index contributed by atoms with van der Waals surface area (Å²) in [5.41, 5.74) is 1.24. The van der Waals surface area contributed by atoms with Crippen molar-refractivity contribution >= 4 is 35.8 Å². The van der Waals surface area contributed by atoms with Gasteiger partial charge in [0.25, 0.3) is 0 Å². The summed E-state index contributed by atoms with van der Waals surface area (Å²) in [7, 11) is 3.79. The van der Waals surface area contributed by atoms with Crippen LogP contribution in [0.5, 0.6) is 0 Å². The average Bonchev–Trinajstić information content (AvgIpc) is 2.95. The maximum absolute atomic E-state index is 4.48. The highest BCUT2D eigenvalue weighted by Crippen LogP contribution is 2.14. The molecule has 0 spiro atoms. The van der Waals surface area contributed by atoms with E-state index in [0.717, 1.165) is 49.6 Å². The van der Waals surface area contributed by atoms with Gasteiger partial charge >= 0.3 is 0 Å². The summed E-state index contributed by atoms with van der Waals surface area (Å²) in [5.74, 6) is 3.77. The molecule has 2 aromatic heterocycles. The molecule has 0 aliphatic carbocycles. The molecule has 2 aromatic rings. The number of anilines is 1. The maximum atomic E-state index is 4.48. The first kappa shape index (κ1) is 20.4. The fraction of sp³-hybridized carbons (Fsp3) is 0.529. The third-order valence-corrected chi connectivity index (χ3v) is 4.60. The van der Waals surface area contributed by atoms with Gasteiger partial charge < -0.3 is 19.7 Å². The number of guanidine groups is 1. The maximum Gasteiger partial charge on any atom is 0.194 e. The number of aryl methyl sites for hydroxylation is 2. The van der Waals surface area contributed by atoms with E-state index in [-0.39, 0.29) is 24.0 Å². The van der Waals surface area contributed by atoms with Crippen LogP contribution in [-0.2, 0) is 13.6 Å². The van der Waals surface area contributed by atoms with Crippen molar-refractivity contribution in [3.63, 3.8) is 0 Å². The molecule has 0 atom stereocenters. The number of hydrogen-bond acceptors (Lipinski definition) is 5. The molecule has 0 saturated carbocycles. The van der Waals surface area contributed by atoms with Gasteiger partial charge in [-0.15, -0.1) is 34.2 Å². The lowest BCUT2D eigenvalue weighted by atomic mass is 10.2. The Kier molecular flexibility index (Phi) is 7.18. The molecule has 1 fully saturated rings. The Morgan fingerprint density at radius 1 is 1.19 bits per heavy atom. The second-order valence-electron chi connectivity index (χ2n) is 6.29. The number of halogens is 1. The van der Waals surface area contributed by atoms with Crippen molar-refractivity contribution in [2.45, 2.75) is 20.4 Å². The van der Waals surface area contributed by atoms with E-state index in [1.807, 2.05) is 37.8 Å². The fourth-order valence-corrected chi connectivity index (χ4v) is 2.94. The lowest BCUT2D eigenvalue weighted by Crippen LogP contribution is -2.52. The van der Waals surface area contributed by atoms with Gasteiger partial charge in [0.05, 0.1) is 6.54 Å². The molecule has 1 N–H and O–H groups in total. The van der Waals surface area contributed by atoms with Crippen molar-refractivity contribution < 1.29 is 0 Å². The van der Waals surface area contributed by atoms with Crippen molar-refractivity contribution in [1.82, 2.24) is 30.0 Å². The molecule has 0 bridgehead atoms. The fourth-order valence-electron chi connectivity index (χ4n) is 2.94. The predicted molar refractivity (Wildman–Crippen MR) is 114 cm³/mol. The van der Waals surface area contributed by atoms with E-state index in [9.17, 15) is 0 Å². The topological polar surface area (TPSA) is 74.5 Å². The summed E-state index contributed by atoms with van der Waals surface area (Å²) in [6.07, 6.45) is 1.88. The van der Waals surface area contributed by atoms with Crippen molar-refractivity contribution in [1.29, 1.82) is 0 Å². The molecular formula is C17H27IN8. The first-order chi connectivity index (χ1) is 12.1. The summed E-state index contributed by atoms with van der Waals surface area (Å²) in [6.45, 7) is 8.34. The number of piperazine rings is 1. The largest absolute Gasteiger partial charge is 0.353 e.